The Morgan fingerprint density at radius 3 is 1.73 bits per heavy atom. The molecule has 0 unspecified atom stereocenters. The van der Waals surface area contributed by atoms with Gasteiger partial charge in [0, 0.05) is 27.5 Å². The van der Waals surface area contributed by atoms with Gasteiger partial charge in [-0.25, -0.2) is 9.97 Å². The fraction of sp³-hybridized carbons (Fsp3) is 0. The van der Waals surface area contributed by atoms with E-state index >= 15 is 0 Å². The minimum absolute atomic E-state index is 0.689. The summed E-state index contributed by atoms with van der Waals surface area (Å²) in [4.78, 5) is 10.5. The van der Waals surface area contributed by atoms with E-state index in [1.807, 2.05) is 30.3 Å². The van der Waals surface area contributed by atoms with Crippen molar-refractivity contribution in [3.63, 3.8) is 0 Å². The smallest absolute Gasteiger partial charge is 0.160 e. The predicted octanol–water partition coefficient (Wildman–Crippen LogP) is 14.2. The molecule has 55 heavy (non-hydrogen) atoms. The molecule has 0 bridgehead atoms. The first-order valence-electron chi connectivity index (χ1n) is 18.6. The maximum absolute atomic E-state index is 6.22. The van der Waals surface area contributed by atoms with Crippen LogP contribution in [0.1, 0.15) is 0 Å². The van der Waals surface area contributed by atoms with Gasteiger partial charge in [-0.3, -0.25) is 0 Å². The van der Waals surface area contributed by atoms with Crippen LogP contribution in [-0.4, -0.2) is 9.97 Å². The lowest BCUT2D eigenvalue weighted by Crippen LogP contribution is -1.97. The SMILES string of the molecule is c1ccc(-c2nc(-c3cc(-c4ccc5oc6ccccc6c5c4)cc(-c4cccc5ccccc45)c3)cc(-c3ccc4ccc5ccccc5c4c3)n2)cc1. The zero-order valence-electron chi connectivity index (χ0n) is 29.8. The molecule has 256 valence electrons. The van der Waals surface area contributed by atoms with E-state index in [1.54, 1.807) is 0 Å². The van der Waals surface area contributed by atoms with Crippen molar-refractivity contribution >= 4 is 54.3 Å². The summed E-state index contributed by atoms with van der Waals surface area (Å²) in [6.45, 7) is 0. The van der Waals surface area contributed by atoms with E-state index < -0.39 is 0 Å². The third-order valence-electron chi connectivity index (χ3n) is 10.8. The lowest BCUT2D eigenvalue weighted by atomic mass is 9.91. The summed E-state index contributed by atoms with van der Waals surface area (Å²) in [6, 6.07) is 68.8. The normalized spacial score (nSPS) is 11.6. The van der Waals surface area contributed by atoms with Gasteiger partial charge in [-0.05, 0) is 103 Å². The summed E-state index contributed by atoms with van der Waals surface area (Å²) in [5.41, 5.74) is 11.1. The molecule has 0 N–H and O–H groups in total. The van der Waals surface area contributed by atoms with E-state index in [2.05, 4.69) is 164 Å². The average Bonchev–Trinajstić information content (AvgIpc) is 3.64. The second-order valence-electron chi connectivity index (χ2n) is 14.2. The molecular formula is C52H32N2O. The monoisotopic (exact) mass is 700 g/mol. The maximum atomic E-state index is 6.22. The van der Waals surface area contributed by atoms with Crippen LogP contribution in [0, 0.1) is 0 Å². The molecule has 0 aliphatic rings. The van der Waals surface area contributed by atoms with Gasteiger partial charge in [0.25, 0.3) is 0 Å². The molecule has 0 radical (unpaired) electrons. The summed E-state index contributed by atoms with van der Waals surface area (Å²) in [7, 11) is 0. The molecular weight excluding hydrogens is 669 g/mol. The van der Waals surface area contributed by atoms with Gasteiger partial charge in [0.2, 0.25) is 0 Å². The molecule has 0 aliphatic carbocycles. The van der Waals surface area contributed by atoms with Crippen LogP contribution in [0.4, 0.5) is 0 Å². The molecule has 11 rings (SSSR count). The van der Waals surface area contributed by atoms with Gasteiger partial charge in [0.1, 0.15) is 11.2 Å². The molecule has 0 aliphatic heterocycles. The molecule has 2 aromatic heterocycles. The van der Waals surface area contributed by atoms with Gasteiger partial charge in [0.05, 0.1) is 11.4 Å². The van der Waals surface area contributed by atoms with E-state index in [9.17, 15) is 0 Å². The van der Waals surface area contributed by atoms with Crippen LogP contribution in [0.2, 0.25) is 0 Å². The van der Waals surface area contributed by atoms with Crippen LogP contribution in [0.5, 0.6) is 0 Å². The van der Waals surface area contributed by atoms with Crippen molar-refractivity contribution < 1.29 is 4.42 Å². The van der Waals surface area contributed by atoms with Gasteiger partial charge >= 0.3 is 0 Å². The lowest BCUT2D eigenvalue weighted by molar-refractivity contribution is 0.669. The number of para-hydroxylation sites is 1. The quantitative estimate of drug-likeness (QED) is 0.168. The van der Waals surface area contributed by atoms with Gasteiger partial charge < -0.3 is 4.42 Å². The van der Waals surface area contributed by atoms with E-state index in [0.717, 1.165) is 66.7 Å². The largest absolute Gasteiger partial charge is 0.456 e. The highest BCUT2D eigenvalue weighted by Crippen LogP contribution is 2.39. The Bertz CT molecular complexity index is 3260. The van der Waals surface area contributed by atoms with Gasteiger partial charge in [0.15, 0.2) is 5.82 Å². The van der Waals surface area contributed by atoms with Gasteiger partial charge in [-0.2, -0.15) is 0 Å². The number of rotatable bonds is 5. The molecule has 0 atom stereocenters. The number of benzene rings is 9. The average molecular weight is 701 g/mol. The van der Waals surface area contributed by atoms with Crippen molar-refractivity contribution in [2.45, 2.75) is 0 Å². The number of hydrogen-bond donors (Lipinski definition) is 0. The molecule has 0 saturated heterocycles. The molecule has 3 heteroatoms. The van der Waals surface area contributed by atoms with E-state index in [0.29, 0.717) is 5.82 Å². The van der Waals surface area contributed by atoms with E-state index in [1.165, 1.54) is 37.9 Å². The Kier molecular flexibility index (Phi) is 7.17. The zero-order chi connectivity index (χ0) is 36.3. The second-order valence-corrected chi connectivity index (χ2v) is 14.2. The zero-order valence-corrected chi connectivity index (χ0v) is 29.8. The Morgan fingerprint density at radius 2 is 0.873 bits per heavy atom. The Hall–Kier alpha value is -7.36. The molecule has 0 amide bonds. The van der Waals surface area contributed by atoms with Crippen LogP contribution in [-0.2, 0) is 0 Å². The first-order valence-corrected chi connectivity index (χ1v) is 18.6. The van der Waals surface area contributed by atoms with Crippen molar-refractivity contribution in [1.29, 1.82) is 0 Å². The first-order chi connectivity index (χ1) is 27.2. The summed E-state index contributed by atoms with van der Waals surface area (Å²) in [5.74, 6) is 0.689. The highest BCUT2D eigenvalue weighted by atomic mass is 16.3. The molecule has 0 fully saturated rings. The highest BCUT2D eigenvalue weighted by Gasteiger charge is 2.16. The third kappa shape index (κ3) is 5.45. The van der Waals surface area contributed by atoms with Gasteiger partial charge in [-0.15, -0.1) is 0 Å². The fourth-order valence-corrected chi connectivity index (χ4v) is 8.10. The number of fused-ring (bicyclic) bond motifs is 7. The molecule has 9 aromatic carbocycles. The summed E-state index contributed by atoms with van der Waals surface area (Å²) >= 11 is 0. The molecule has 3 nitrogen and oxygen atoms in total. The van der Waals surface area contributed by atoms with Crippen molar-refractivity contribution in [3.05, 3.63) is 194 Å². The fourth-order valence-electron chi connectivity index (χ4n) is 8.10. The maximum Gasteiger partial charge on any atom is 0.160 e. The van der Waals surface area contributed by atoms with Gasteiger partial charge in [-0.1, -0.05) is 146 Å². The molecule has 11 aromatic rings. The van der Waals surface area contributed by atoms with E-state index in [4.69, 9.17) is 14.4 Å². The highest BCUT2D eigenvalue weighted by molar-refractivity contribution is 6.09. The Labute approximate surface area is 317 Å². The third-order valence-corrected chi connectivity index (χ3v) is 10.8. The predicted molar refractivity (Wildman–Crippen MR) is 229 cm³/mol. The van der Waals surface area contributed by atoms with Crippen LogP contribution in [0.25, 0.3) is 110 Å². The number of aromatic nitrogens is 2. The van der Waals surface area contributed by atoms with Crippen molar-refractivity contribution in [3.8, 4) is 56.2 Å². The second kappa shape index (κ2) is 12.6. The molecule has 0 saturated carbocycles. The minimum Gasteiger partial charge on any atom is -0.456 e. The van der Waals surface area contributed by atoms with Crippen LogP contribution in [0.15, 0.2) is 199 Å². The Balaban J connectivity index is 1.16. The summed E-state index contributed by atoms with van der Waals surface area (Å²) in [5, 5.41) is 9.49. The minimum atomic E-state index is 0.689. The summed E-state index contributed by atoms with van der Waals surface area (Å²) < 4.78 is 6.22. The molecule has 2 heterocycles. The van der Waals surface area contributed by atoms with Crippen LogP contribution < -0.4 is 0 Å². The van der Waals surface area contributed by atoms with Crippen molar-refractivity contribution in [2.24, 2.45) is 0 Å². The van der Waals surface area contributed by atoms with Crippen molar-refractivity contribution in [1.82, 2.24) is 9.97 Å². The first kappa shape index (κ1) is 31.2. The van der Waals surface area contributed by atoms with Crippen molar-refractivity contribution in [2.75, 3.05) is 0 Å². The van der Waals surface area contributed by atoms with E-state index in [-0.39, 0.29) is 0 Å². The lowest BCUT2D eigenvalue weighted by Gasteiger charge is -2.15. The van der Waals surface area contributed by atoms with Crippen LogP contribution in [0.3, 0.4) is 0 Å². The standard InChI is InChI=1S/C52H32N2O/c1-2-13-36(14-3-1)52-53-48(38-24-23-35-22-21-34-12-5-7-17-43(34)46(35)31-38)32-49(54-52)41-28-39(27-40(29-41)44-19-10-15-33-11-4-6-16-42(33)44)37-25-26-51-47(30-37)45-18-8-9-20-50(45)55-51/h1-32H. The number of hydrogen-bond acceptors (Lipinski definition) is 3. The Morgan fingerprint density at radius 1 is 0.291 bits per heavy atom. The summed E-state index contributed by atoms with van der Waals surface area (Å²) in [6.07, 6.45) is 0. The number of furan rings is 1. The molecule has 0 spiro atoms. The number of nitrogens with zero attached hydrogens (tertiary/aromatic N) is 2. The topological polar surface area (TPSA) is 38.9 Å². The van der Waals surface area contributed by atoms with Crippen LogP contribution >= 0.6 is 0 Å².